The van der Waals surface area contributed by atoms with E-state index in [1.54, 1.807) is 19.2 Å². The summed E-state index contributed by atoms with van der Waals surface area (Å²) in [4.78, 5) is 3.39. The lowest BCUT2D eigenvalue weighted by Gasteiger charge is -2.20. The molecule has 172 valence electrons. The molecule has 7 heteroatoms. The summed E-state index contributed by atoms with van der Waals surface area (Å²) in [5.74, 6) is 1.78. The van der Waals surface area contributed by atoms with Crippen LogP contribution in [0.2, 0.25) is 0 Å². The minimum absolute atomic E-state index is 0. The first-order valence-corrected chi connectivity index (χ1v) is 10.6. The van der Waals surface area contributed by atoms with Gasteiger partial charge in [-0.15, -0.1) is 12.4 Å². The van der Waals surface area contributed by atoms with Gasteiger partial charge in [-0.05, 0) is 60.4 Å². The highest BCUT2D eigenvalue weighted by Gasteiger charge is 2.21. The van der Waals surface area contributed by atoms with E-state index in [1.165, 1.54) is 11.6 Å². The lowest BCUT2D eigenvalue weighted by Crippen LogP contribution is -2.23. The Morgan fingerprint density at radius 1 is 1.09 bits per heavy atom. The zero-order valence-electron chi connectivity index (χ0n) is 18.5. The van der Waals surface area contributed by atoms with Crippen molar-refractivity contribution in [2.75, 3.05) is 13.9 Å². The van der Waals surface area contributed by atoms with E-state index in [0.717, 1.165) is 34.1 Å². The van der Waals surface area contributed by atoms with Crippen LogP contribution in [0.15, 0.2) is 60.7 Å². The number of hydrogen-bond acceptors (Lipinski definition) is 4. The molecule has 1 unspecified atom stereocenters. The van der Waals surface area contributed by atoms with Crippen molar-refractivity contribution in [3.05, 3.63) is 88.9 Å². The molecule has 3 aromatic carbocycles. The highest BCUT2D eigenvalue weighted by atomic mass is 35.5. The normalized spacial score (nSPS) is 13.1. The van der Waals surface area contributed by atoms with Gasteiger partial charge in [0, 0.05) is 29.2 Å². The van der Waals surface area contributed by atoms with Crippen molar-refractivity contribution >= 4 is 23.3 Å². The number of halogens is 2. The van der Waals surface area contributed by atoms with Crippen LogP contribution >= 0.6 is 12.4 Å². The molecule has 0 spiro atoms. The van der Waals surface area contributed by atoms with Crippen LogP contribution in [0.1, 0.15) is 28.4 Å². The number of rotatable bonds is 7. The standard InChI is InChI=1S/C26H25FN2O3.ClH/c1-16-20(21-12-19(27)8-9-22(21)29-16)13-23(18-6-4-3-5-7-18)28-14-17-10-24(30-2)26-25(11-17)31-15-32-26;/h3-12,23,28-29H,13-15H2,1-2H3;1H. The first kappa shape index (κ1) is 23.0. The Morgan fingerprint density at radius 2 is 1.91 bits per heavy atom. The van der Waals surface area contributed by atoms with Gasteiger partial charge in [0.1, 0.15) is 5.82 Å². The molecule has 2 heterocycles. The van der Waals surface area contributed by atoms with Crippen LogP contribution in [0.5, 0.6) is 17.2 Å². The van der Waals surface area contributed by atoms with E-state index >= 15 is 0 Å². The molecule has 0 saturated heterocycles. The van der Waals surface area contributed by atoms with Crippen molar-refractivity contribution in [3.8, 4) is 17.2 Å². The Labute approximate surface area is 198 Å². The summed E-state index contributed by atoms with van der Waals surface area (Å²) in [6.45, 7) is 2.85. The first-order chi connectivity index (χ1) is 15.6. The van der Waals surface area contributed by atoms with Crippen molar-refractivity contribution in [2.45, 2.75) is 25.9 Å². The summed E-state index contributed by atoms with van der Waals surface area (Å²) in [7, 11) is 1.63. The second-order valence-corrected chi connectivity index (χ2v) is 8.00. The third-order valence-corrected chi connectivity index (χ3v) is 5.96. The lowest BCUT2D eigenvalue weighted by molar-refractivity contribution is 0.171. The number of methoxy groups -OCH3 is 1. The van der Waals surface area contributed by atoms with Crippen molar-refractivity contribution in [1.82, 2.24) is 10.3 Å². The number of aromatic nitrogens is 1. The van der Waals surface area contributed by atoms with Crippen molar-refractivity contribution in [2.24, 2.45) is 0 Å². The van der Waals surface area contributed by atoms with Gasteiger partial charge in [-0.25, -0.2) is 4.39 Å². The van der Waals surface area contributed by atoms with Crippen LogP contribution in [0, 0.1) is 12.7 Å². The number of nitrogens with one attached hydrogen (secondary N) is 2. The Bertz CT molecular complexity index is 1260. The van der Waals surface area contributed by atoms with Crippen LogP contribution in [-0.2, 0) is 13.0 Å². The summed E-state index contributed by atoms with van der Waals surface area (Å²) in [5.41, 5.74) is 5.33. The number of fused-ring (bicyclic) bond motifs is 2. The minimum atomic E-state index is -0.227. The SMILES string of the molecule is COc1cc(CNC(Cc2c(C)[nH]c3ccc(F)cc23)c2ccccc2)cc2c1OCO2.Cl. The molecule has 5 nitrogen and oxygen atoms in total. The molecule has 0 amide bonds. The lowest BCUT2D eigenvalue weighted by atomic mass is 9.96. The molecule has 5 rings (SSSR count). The summed E-state index contributed by atoms with van der Waals surface area (Å²) in [6, 6.07) is 19.2. The Hall–Kier alpha value is -3.22. The number of hydrogen-bond donors (Lipinski definition) is 2. The summed E-state index contributed by atoms with van der Waals surface area (Å²) >= 11 is 0. The highest BCUT2D eigenvalue weighted by molar-refractivity contribution is 5.85. The summed E-state index contributed by atoms with van der Waals surface area (Å²) < 4.78 is 30.5. The number of H-pyrrole nitrogens is 1. The predicted molar refractivity (Wildman–Crippen MR) is 129 cm³/mol. The summed E-state index contributed by atoms with van der Waals surface area (Å²) in [6.07, 6.45) is 0.723. The van der Waals surface area contributed by atoms with E-state index < -0.39 is 0 Å². The Morgan fingerprint density at radius 3 is 2.70 bits per heavy atom. The number of ether oxygens (including phenoxy) is 3. The number of aryl methyl sites for hydroxylation is 1. The Kier molecular flexibility index (Phi) is 6.77. The van der Waals surface area contributed by atoms with E-state index in [0.29, 0.717) is 23.8 Å². The molecule has 0 radical (unpaired) electrons. The highest BCUT2D eigenvalue weighted by Crippen LogP contribution is 2.42. The van der Waals surface area contributed by atoms with Gasteiger partial charge in [0.2, 0.25) is 12.5 Å². The fourth-order valence-electron chi connectivity index (χ4n) is 4.34. The maximum absolute atomic E-state index is 14.0. The Balaban J connectivity index is 0.00000259. The van der Waals surface area contributed by atoms with Crippen molar-refractivity contribution in [1.29, 1.82) is 0 Å². The van der Waals surface area contributed by atoms with Crippen LogP contribution in [0.25, 0.3) is 10.9 Å². The zero-order chi connectivity index (χ0) is 22.1. The second-order valence-electron chi connectivity index (χ2n) is 8.00. The zero-order valence-corrected chi connectivity index (χ0v) is 19.3. The molecule has 1 atom stereocenters. The van der Waals surface area contributed by atoms with E-state index in [9.17, 15) is 4.39 Å². The van der Waals surface area contributed by atoms with Gasteiger partial charge in [0.05, 0.1) is 7.11 Å². The van der Waals surface area contributed by atoms with Gasteiger partial charge >= 0.3 is 0 Å². The third-order valence-electron chi connectivity index (χ3n) is 5.96. The fourth-order valence-corrected chi connectivity index (χ4v) is 4.34. The second kappa shape index (κ2) is 9.73. The number of benzene rings is 3. The van der Waals surface area contributed by atoms with Gasteiger partial charge in [0.15, 0.2) is 11.5 Å². The van der Waals surface area contributed by atoms with Crippen LogP contribution < -0.4 is 19.5 Å². The molecule has 0 fully saturated rings. The molecule has 0 bridgehead atoms. The van der Waals surface area contributed by atoms with Crippen molar-refractivity contribution < 1.29 is 18.6 Å². The molecule has 0 saturated carbocycles. The smallest absolute Gasteiger partial charge is 0.231 e. The third kappa shape index (κ3) is 4.63. The molecular weight excluding hydrogens is 443 g/mol. The largest absolute Gasteiger partial charge is 0.493 e. The van der Waals surface area contributed by atoms with E-state index in [1.807, 2.05) is 37.3 Å². The molecule has 1 aliphatic heterocycles. The number of aromatic amines is 1. The van der Waals surface area contributed by atoms with Gasteiger partial charge in [0.25, 0.3) is 0 Å². The van der Waals surface area contributed by atoms with E-state index in [2.05, 4.69) is 22.4 Å². The van der Waals surface area contributed by atoms with E-state index in [-0.39, 0.29) is 31.1 Å². The monoisotopic (exact) mass is 468 g/mol. The van der Waals surface area contributed by atoms with Gasteiger partial charge in [-0.3, -0.25) is 0 Å². The maximum Gasteiger partial charge on any atom is 0.231 e. The maximum atomic E-state index is 14.0. The first-order valence-electron chi connectivity index (χ1n) is 10.6. The molecule has 1 aliphatic rings. The van der Waals surface area contributed by atoms with Crippen LogP contribution in [0.3, 0.4) is 0 Å². The van der Waals surface area contributed by atoms with Gasteiger partial charge in [-0.2, -0.15) is 0 Å². The van der Waals surface area contributed by atoms with Gasteiger partial charge < -0.3 is 24.5 Å². The van der Waals surface area contributed by atoms with Crippen LogP contribution in [-0.4, -0.2) is 18.9 Å². The average molecular weight is 469 g/mol. The summed E-state index contributed by atoms with van der Waals surface area (Å²) in [5, 5.41) is 4.61. The average Bonchev–Trinajstić information content (AvgIpc) is 3.40. The van der Waals surface area contributed by atoms with E-state index in [4.69, 9.17) is 14.2 Å². The van der Waals surface area contributed by atoms with Crippen LogP contribution in [0.4, 0.5) is 4.39 Å². The van der Waals surface area contributed by atoms with Crippen molar-refractivity contribution in [3.63, 3.8) is 0 Å². The fraction of sp³-hybridized carbons (Fsp3) is 0.231. The molecule has 33 heavy (non-hydrogen) atoms. The molecule has 4 aromatic rings. The topological polar surface area (TPSA) is 55.5 Å². The van der Waals surface area contributed by atoms with Gasteiger partial charge in [-0.1, -0.05) is 30.3 Å². The molecule has 0 aliphatic carbocycles. The molecular formula is C26H26ClFN2O3. The predicted octanol–water partition coefficient (Wildman–Crippen LogP) is 5.85. The quantitative estimate of drug-likeness (QED) is 0.357. The minimum Gasteiger partial charge on any atom is -0.493 e. The molecule has 2 N–H and O–H groups in total. The molecule has 1 aromatic heterocycles.